The molecule has 0 unspecified atom stereocenters. The van der Waals surface area contributed by atoms with Crippen molar-refractivity contribution in [2.24, 2.45) is 0 Å². The van der Waals surface area contributed by atoms with E-state index in [1.54, 1.807) is 0 Å². The third-order valence-electron chi connectivity index (χ3n) is 0. The second-order valence-electron chi connectivity index (χ2n) is 0.408. The van der Waals surface area contributed by atoms with Gasteiger partial charge in [0.15, 0.2) is 0 Å². The summed E-state index contributed by atoms with van der Waals surface area (Å²) in [6.07, 6.45) is 0. The van der Waals surface area contributed by atoms with Crippen LogP contribution in [0.3, 0.4) is 0 Å². The molecule has 0 rings (SSSR count). The predicted octanol–water partition coefficient (Wildman–Crippen LogP) is -1.61. The van der Waals surface area contributed by atoms with Crippen molar-refractivity contribution in [1.29, 1.82) is 0 Å². The third kappa shape index (κ3) is 340. The van der Waals surface area contributed by atoms with E-state index < -0.39 is 10.4 Å². The zero-order valence-corrected chi connectivity index (χ0v) is 6.32. The summed E-state index contributed by atoms with van der Waals surface area (Å²) in [5, 5.41) is 0. The summed E-state index contributed by atoms with van der Waals surface area (Å²) >= 11 is 0. The van der Waals surface area contributed by atoms with Crippen molar-refractivity contribution in [1.82, 2.24) is 0 Å². The van der Waals surface area contributed by atoms with Crippen LogP contribution in [0.1, 0.15) is 0 Å². The van der Waals surface area contributed by atoms with Gasteiger partial charge in [0.1, 0.15) is 0 Å². The molecule has 0 aliphatic heterocycles. The average molecular weight is 284 g/mol. The maximum absolute atomic E-state index is 8.52. The molecule has 0 aliphatic carbocycles. The molecule has 0 heterocycles. The summed E-state index contributed by atoms with van der Waals surface area (Å²) in [7, 11) is -5.17. The molecule has 0 bridgehead atoms. The maximum Gasteiger partial charge on any atom is 3.00 e. The van der Waals surface area contributed by atoms with E-state index in [-0.39, 0.29) is 38.6 Å². The fourth-order valence-electron chi connectivity index (χ4n) is 0. The van der Waals surface area contributed by atoms with E-state index in [1.807, 2.05) is 0 Å². The smallest absolute Gasteiger partial charge is 0.759 e. The monoisotopic (exact) mass is 284 g/mol. The summed E-state index contributed by atoms with van der Waals surface area (Å²) in [4.78, 5) is 7.75. The van der Waals surface area contributed by atoms with Crippen LogP contribution in [0.2, 0.25) is 0 Å². The van der Waals surface area contributed by atoms with E-state index in [2.05, 4.69) is 6.79 Å². The Morgan fingerprint density at radius 1 is 1.12 bits per heavy atom. The van der Waals surface area contributed by atoms with Gasteiger partial charge in [-0.1, -0.05) is 0 Å². The van der Waals surface area contributed by atoms with Crippen LogP contribution in [0, 0.1) is 38.6 Å². The zero-order valence-electron chi connectivity index (χ0n) is 3.36. The van der Waals surface area contributed by atoms with Crippen LogP contribution in [-0.4, -0.2) is 24.3 Å². The Kier molecular flexibility index (Phi) is 15.6. The summed E-state index contributed by atoms with van der Waals surface area (Å²) in [5.74, 6) is 0. The minimum Gasteiger partial charge on any atom is -0.759 e. The Morgan fingerprint density at radius 2 is 1.12 bits per heavy atom. The van der Waals surface area contributed by atoms with Gasteiger partial charge in [-0.2, -0.15) is 0 Å². The van der Waals surface area contributed by atoms with Crippen molar-refractivity contribution in [2.75, 3.05) is 0 Å². The van der Waals surface area contributed by atoms with Gasteiger partial charge in [-0.3, -0.25) is 15.2 Å². The van der Waals surface area contributed by atoms with Gasteiger partial charge in [-0.25, -0.2) is 0 Å². The molecular weight excluding hydrogens is 283 g/mol. The second-order valence-corrected chi connectivity index (χ2v) is 1.22. The van der Waals surface area contributed by atoms with Crippen LogP contribution in [0.4, 0.5) is 0 Å². The van der Waals surface area contributed by atoms with Gasteiger partial charge >= 0.3 is 38.6 Å². The van der Waals surface area contributed by atoms with Crippen LogP contribution >= 0.6 is 0 Å². The van der Waals surface area contributed by atoms with Crippen LogP contribution in [0.15, 0.2) is 0 Å². The SMILES string of the molecule is O=S(=O)([O-])[O-].[CH-]=O.[Tb+3]. The van der Waals surface area contributed by atoms with Crippen molar-refractivity contribution in [3.05, 3.63) is 0 Å². The standard InChI is InChI=1S/CHO.H2O4S.Tb/c1-2;1-5(2,3)4;/h1H;(H2,1,2,3,4);/q-1;;+3/p-2. The van der Waals surface area contributed by atoms with Crippen molar-refractivity contribution >= 4 is 17.2 Å². The van der Waals surface area contributed by atoms with Crippen LogP contribution < -0.4 is 0 Å². The van der Waals surface area contributed by atoms with Crippen LogP contribution in [0.25, 0.3) is 0 Å². The quantitative estimate of drug-likeness (QED) is 0.231. The Morgan fingerprint density at radius 3 is 1.12 bits per heavy atom. The minimum atomic E-state index is -5.17. The first-order valence-corrected chi connectivity index (χ1v) is 2.24. The third-order valence-corrected chi connectivity index (χ3v) is 0. The molecular formula is CHO5STb. The minimum absolute atomic E-state index is 0. The first kappa shape index (κ1) is 15.9. The zero-order chi connectivity index (χ0) is 6.50. The van der Waals surface area contributed by atoms with Gasteiger partial charge in [0.05, 0.1) is 0 Å². The summed E-state index contributed by atoms with van der Waals surface area (Å²) in [5.41, 5.74) is 0. The average Bonchev–Trinajstić information content (AvgIpc) is 1.36. The molecule has 0 fully saturated rings. The summed E-state index contributed by atoms with van der Waals surface area (Å²) in [6, 6.07) is 0. The van der Waals surface area contributed by atoms with Crippen molar-refractivity contribution in [3.8, 4) is 0 Å². The van der Waals surface area contributed by atoms with Crippen molar-refractivity contribution < 1.29 is 60.9 Å². The predicted molar refractivity (Wildman–Crippen MR) is 17.2 cm³/mol. The van der Waals surface area contributed by atoms with Gasteiger partial charge in [-0.15, -0.1) is 0 Å². The number of rotatable bonds is 0. The fourth-order valence-corrected chi connectivity index (χ4v) is 0. The normalized spacial score (nSPS) is 7.75. The molecule has 0 aromatic heterocycles. The number of carbonyl (C=O) groups excluding carboxylic acids is 1. The van der Waals surface area contributed by atoms with Gasteiger partial charge < -0.3 is 13.9 Å². The maximum atomic E-state index is 8.52. The second kappa shape index (κ2) is 7.83. The van der Waals surface area contributed by atoms with Gasteiger partial charge in [-0.05, 0) is 0 Å². The van der Waals surface area contributed by atoms with Gasteiger partial charge in [0.25, 0.3) is 0 Å². The van der Waals surface area contributed by atoms with Gasteiger partial charge in [0.2, 0.25) is 0 Å². The Hall–Kier alpha value is 0.826. The molecule has 0 N–H and O–H groups in total. The Bertz CT molecular complexity index is 106. The molecule has 0 radical (unpaired) electrons. The number of hydrogen-bond acceptors (Lipinski definition) is 5. The summed E-state index contributed by atoms with van der Waals surface area (Å²) < 4.78 is 34.1. The van der Waals surface area contributed by atoms with E-state index in [1.165, 1.54) is 0 Å². The summed E-state index contributed by atoms with van der Waals surface area (Å²) in [6.45, 7) is 3.25. The van der Waals surface area contributed by atoms with E-state index >= 15 is 0 Å². The van der Waals surface area contributed by atoms with Crippen molar-refractivity contribution in [3.63, 3.8) is 0 Å². The number of hydrogen-bond donors (Lipinski definition) is 0. The van der Waals surface area contributed by atoms with Crippen LogP contribution in [0.5, 0.6) is 0 Å². The fraction of sp³-hybridized carbons (Fsp3) is 0. The molecule has 0 aromatic rings. The van der Waals surface area contributed by atoms with E-state index in [9.17, 15) is 0 Å². The molecule has 7 heteroatoms. The Labute approximate surface area is 77.5 Å². The molecule has 0 saturated carbocycles. The first-order chi connectivity index (χ1) is 3.00. The van der Waals surface area contributed by atoms with E-state index in [4.69, 9.17) is 22.3 Å². The molecule has 0 amide bonds. The van der Waals surface area contributed by atoms with Crippen molar-refractivity contribution in [2.45, 2.75) is 0 Å². The molecule has 5 nitrogen and oxygen atoms in total. The first-order valence-electron chi connectivity index (χ1n) is 0.902. The molecule has 0 saturated heterocycles. The molecule has 0 aliphatic rings. The molecule has 50 valence electrons. The molecule has 0 aromatic carbocycles. The largest absolute Gasteiger partial charge is 3.00 e. The topological polar surface area (TPSA) is 97.3 Å². The molecule has 8 heavy (non-hydrogen) atoms. The van der Waals surface area contributed by atoms with E-state index in [0.29, 0.717) is 0 Å². The van der Waals surface area contributed by atoms with E-state index in [0.717, 1.165) is 0 Å². The van der Waals surface area contributed by atoms with Crippen LogP contribution in [-0.2, 0) is 15.2 Å². The molecule has 0 atom stereocenters. The Balaban J connectivity index is -0.0000000750. The molecule has 0 spiro atoms. The van der Waals surface area contributed by atoms with Gasteiger partial charge in [0, 0.05) is 10.4 Å².